The molecular formula is C16H18N2O2. The summed E-state index contributed by atoms with van der Waals surface area (Å²) in [5, 5.41) is 8.88. The van der Waals surface area contributed by atoms with Crippen LogP contribution in [0.25, 0.3) is 0 Å². The van der Waals surface area contributed by atoms with Gasteiger partial charge in [0.05, 0.1) is 18.7 Å². The van der Waals surface area contributed by atoms with E-state index in [9.17, 15) is 4.79 Å². The predicted octanol–water partition coefficient (Wildman–Crippen LogP) is 2.87. The molecule has 0 saturated heterocycles. The molecule has 4 nitrogen and oxygen atoms in total. The summed E-state index contributed by atoms with van der Waals surface area (Å²) in [5.74, 6) is -0.789. The first-order chi connectivity index (χ1) is 9.65. The molecule has 1 heterocycles. The minimum atomic E-state index is -0.789. The van der Waals surface area contributed by atoms with Crippen molar-refractivity contribution in [2.45, 2.75) is 19.9 Å². The smallest absolute Gasteiger partial charge is 0.305 e. The second-order valence-corrected chi connectivity index (χ2v) is 4.67. The van der Waals surface area contributed by atoms with Gasteiger partial charge in [0, 0.05) is 17.9 Å². The van der Waals surface area contributed by atoms with Gasteiger partial charge in [0.1, 0.15) is 0 Å². The Labute approximate surface area is 118 Å². The van der Waals surface area contributed by atoms with E-state index >= 15 is 0 Å². The maximum Gasteiger partial charge on any atom is 0.305 e. The molecule has 1 aromatic carbocycles. The van der Waals surface area contributed by atoms with Gasteiger partial charge in [-0.3, -0.25) is 9.78 Å². The first kappa shape index (κ1) is 14.1. The van der Waals surface area contributed by atoms with Crippen molar-refractivity contribution in [3.05, 3.63) is 59.9 Å². The van der Waals surface area contributed by atoms with Crippen molar-refractivity contribution in [2.24, 2.45) is 0 Å². The number of aromatic nitrogens is 1. The number of rotatable bonds is 6. The predicted molar refractivity (Wildman–Crippen MR) is 78.7 cm³/mol. The van der Waals surface area contributed by atoms with Gasteiger partial charge in [-0.2, -0.15) is 0 Å². The van der Waals surface area contributed by atoms with Crippen molar-refractivity contribution >= 4 is 11.7 Å². The van der Waals surface area contributed by atoms with E-state index in [4.69, 9.17) is 5.11 Å². The number of anilines is 1. The summed E-state index contributed by atoms with van der Waals surface area (Å²) in [6.07, 6.45) is 0.112. The number of carboxylic acids is 1. The van der Waals surface area contributed by atoms with E-state index in [0.717, 1.165) is 17.1 Å². The van der Waals surface area contributed by atoms with Crippen molar-refractivity contribution in [3.8, 4) is 0 Å². The van der Waals surface area contributed by atoms with E-state index in [2.05, 4.69) is 4.98 Å². The lowest BCUT2D eigenvalue weighted by Crippen LogP contribution is -2.26. The Hall–Kier alpha value is -2.36. The molecule has 0 spiro atoms. The van der Waals surface area contributed by atoms with Gasteiger partial charge in [-0.1, -0.05) is 24.3 Å². The van der Waals surface area contributed by atoms with Gasteiger partial charge in [-0.25, -0.2) is 0 Å². The normalized spacial score (nSPS) is 10.2. The van der Waals surface area contributed by atoms with Gasteiger partial charge in [-0.05, 0) is 31.2 Å². The fraction of sp³-hybridized carbons (Fsp3) is 0.250. The first-order valence-corrected chi connectivity index (χ1v) is 6.59. The lowest BCUT2D eigenvalue weighted by Gasteiger charge is -2.24. The summed E-state index contributed by atoms with van der Waals surface area (Å²) >= 11 is 0. The second-order valence-electron chi connectivity index (χ2n) is 4.67. The van der Waals surface area contributed by atoms with Crippen LogP contribution in [0.2, 0.25) is 0 Å². The number of hydrogen-bond acceptors (Lipinski definition) is 3. The lowest BCUT2D eigenvalue weighted by molar-refractivity contribution is -0.136. The maximum absolute atomic E-state index is 10.8. The van der Waals surface area contributed by atoms with Crippen LogP contribution in [0.15, 0.2) is 48.5 Å². The molecule has 0 radical (unpaired) electrons. The van der Waals surface area contributed by atoms with E-state index in [1.165, 1.54) is 0 Å². The minimum absolute atomic E-state index is 0.112. The topological polar surface area (TPSA) is 53.4 Å². The molecule has 104 valence electrons. The first-order valence-electron chi connectivity index (χ1n) is 6.59. The quantitative estimate of drug-likeness (QED) is 0.877. The average Bonchev–Trinajstić information content (AvgIpc) is 2.44. The number of aryl methyl sites for hydroxylation is 1. The number of pyridine rings is 1. The summed E-state index contributed by atoms with van der Waals surface area (Å²) in [6, 6.07) is 15.7. The molecule has 20 heavy (non-hydrogen) atoms. The Morgan fingerprint density at radius 2 is 1.90 bits per heavy atom. The number of hydrogen-bond donors (Lipinski definition) is 1. The highest BCUT2D eigenvalue weighted by Crippen LogP contribution is 2.16. The van der Waals surface area contributed by atoms with Gasteiger partial charge in [0.25, 0.3) is 0 Å². The molecule has 2 aromatic rings. The Balaban J connectivity index is 2.16. The monoisotopic (exact) mass is 270 g/mol. The summed E-state index contributed by atoms with van der Waals surface area (Å²) in [6.45, 7) is 3.03. The third kappa shape index (κ3) is 4.09. The standard InChI is InChI=1S/C16H18N2O2/c1-13-6-5-7-14(17-13)12-18(11-10-16(19)20)15-8-3-2-4-9-15/h2-9H,10-12H2,1H3,(H,19,20). The summed E-state index contributed by atoms with van der Waals surface area (Å²) < 4.78 is 0. The molecule has 1 N–H and O–H groups in total. The Morgan fingerprint density at radius 1 is 1.15 bits per heavy atom. The average molecular weight is 270 g/mol. The van der Waals surface area contributed by atoms with Gasteiger partial charge < -0.3 is 10.0 Å². The van der Waals surface area contributed by atoms with Crippen LogP contribution in [0, 0.1) is 6.92 Å². The number of carbonyl (C=O) groups is 1. The van der Waals surface area contributed by atoms with Crippen LogP contribution in [0.1, 0.15) is 17.8 Å². The molecular weight excluding hydrogens is 252 g/mol. The van der Waals surface area contributed by atoms with Crippen LogP contribution < -0.4 is 4.90 Å². The van der Waals surface area contributed by atoms with Crippen LogP contribution in [-0.2, 0) is 11.3 Å². The number of aliphatic carboxylic acids is 1. The zero-order valence-electron chi connectivity index (χ0n) is 11.5. The number of carboxylic acid groups (broad SMARTS) is 1. The van der Waals surface area contributed by atoms with Crippen molar-refractivity contribution < 1.29 is 9.90 Å². The molecule has 0 bridgehead atoms. The molecule has 0 aliphatic carbocycles. The van der Waals surface area contributed by atoms with E-state index < -0.39 is 5.97 Å². The van der Waals surface area contributed by atoms with Crippen LogP contribution in [0.3, 0.4) is 0 Å². The molecule has 1 aromatic heterocycles. The molecule has 0 fully saturated rings. The highest BCUT2D eigenvalue weighted by atomic mass is 16.4. The van der Waals surface area contributed by atoms with Crippen molar-refractivity contribution in [2.75, 3.05) is 11.4 Å². The fourth-order valence-corrected chi connectivity index (χ4v) is 2.05. The molecule has 4 heteroatoms. The number of para-hydroxylation sites is 1. The molecule has 2 rings (SSSR count). The van der Waals surface area contributed by atoms with Crippen LogP contribution in [-0.4, -0.2) is 22.6 Å². The summed E-state index contributed by atoms with van der Waals surface area (Å²) in [4.78, 5) is 17.3. The van der Waals surface area contributed by atoms with Crippen molar-refractivity contribution in [1.29, 1.82) is 0 Å². The van der Waals surface area contributed by atoms with E-state index in [1.54, 1.807) is 0 Å². The third-order valence-electron chi connectivity index (χ3n) is 3.02. The second kappa shape index (κ2) is 6.70. The summed E-state index contributed by atoms with van der Waals surface area (Å²) in [7, 11) is 0. The summed E-state index contributed by atoms with van der Waals surface area (Å²) in [5.41, 5.74) is 2.92. The third-order valence-corrected chi connectivity index (χ3v) is 3.02. The van der Waals surface area contributed by atoms with E-state index in [0.29, 0.717) is 13.1 Å². The highest BCUT2D eigenvalue weighted by Gasteiger charge is 2.10. The van der Waals surface area contributed by atoms with Gasteiger partial charge in [0.2, 0.25) is 0 Å². The number of benzene rings is 1. The Kier molecular flexibility index (Phi) is 4.71. The zero-order chi connectivity index (χ0) is 14.4. The van der Waals surface area contributed by atoms with Crippen molar-refractivity contribution in [3.63, 3.8) is 0 Å². The van der Waals surface area contributed by atoms with Gasteiger partial charge in [-0.15, -0.1) is 0 Å². The van der Waals surface area contributed by atoms with Gasteiger partial charge in [0.15, 0.2) is 0 Å². The molecule has 0 unspecified atom stereocenters. The Bertz CT molecular complexity index is 570. The van der Waals surface area contributed by atoms with Gasteiger partial charge >= 0.3 is 5.97 Å². The zero-order valence-corrected chi connectivity index (χ0v) is 11.5. The lowest BCUT2D eigenvalue weighted by atomic mass is 10.2. The molecule has 0 saturated carbocycles. The van der Waals surface area contributed by atoms with Crippen LogP contribution in [0.5, 0.6) is 0 Å². The van der Waals surface area contributed by atoms with Crippen LogP contribution >= 0.6 is 0 Å². The van der Waals surface area contributed by atoms with E-state index in [1.807, 2.05) is 60.4 Å². The van der Waals surface area contributed by atoms with Crippen LogP contribution in [0.4, 0.5) is 5.69 Å². The molecule has 0 amide bonds. The molecule has 0 aliphatic rings. The van der Waals surface area contributed by atoms with Crippen molar-refractivity contribution in [1.82, 2.24) is 4.98 Å². The number of nitrogens with zero attached hydrogens (tertiary/aromatic N) is 2. The minimum Gasteiger partial charge on any atom is -0.481 e. The van der Waals surface area contributed by atoms with E-state index in [-0.39, 0.29) is 6.42 Å². The fourth-order valence-electron chi connectivity index (χ4n) is 2.05. The Morgan fingerprint density at radius 3 is 2.55 bits per heavy atom. The maximum atomic E-state index is 10.8. The largest absolute Gasteiger partial charge is 0.481 e. The molecule has 0 atom stereocenters. The SMILES string of the molecule is Cc1cccc(CN(CCC(=O)O)c2ccccc2)n1. The highest BCUT2D eigenvalue weighted by molar-refractivity contribution is 5.67. The molecule has 0 aliphatic heterocycles.